The maximum atomic E-state index is 12.9. The van der Waals surface area contributed by atoms with Crippen molar-refractivity contribution in [3.05, 3.63) is 36.4 Å². The molecule has 1 aromatic heterocycles. The molecule has 138 valence electrons. The first-order valence-electron chi connectivity index (χ1n) is 7.07. The molecule has 1 rings (SSSR count). The highest BCUT2D eigenvalue weighted by molar-refractivity contribution is 6.68. The van der Waals surface area contributed by atoms with Gasteiger partial charge < -0.3 is 10.1 Å². The Kier molecular flexibility index (Phi) is 6.80. The number of carbonyl (C=O) groups is 1. The molecule has 1 heterocycles. The number of allylic oxidation sites excluding steroid dienone is 1. The molecule has 0 spiro atoms. The maximum Gasteiger partial charge on any atom is 0.415 e. The first-order valence-corrected chi connectivity index (χ1v) is 7.45. The number of carbonyl (C=O) groups excluding carboxylic acids is 1. The summed E-state index contributed by atoms with van der Waals surface area (Å²) < 4.78 is 43.6. The minimum absolute atomic E-state index is 0.254. The van der Waals surface area contributed by atoms with Gasteiger partial charge in [0.05, 0.1) is 11.9 Å². The molecular weight excluding hydrogens is 361 g/mol. The molecule has 0 atom stereocenters. The van der Waals surface area contributed by atoms with Crippen LogP contribution in [0.5, 0.6) is 0 Å². The lowest BCUT2D eigenvalue weighted by Crippen LogP contribution is -2.43. The van der Waals surface area contributed by atoms with E-state index in [9.17, 15) is 18.0 Å². The average Bonchev–Trinajstić information content (AvgIpc) is 2.44. The molecule has 0 fully saturated rings. The number of hydrogen-bond acceptors (Lipinski definition) is 5. The third-order valence-electron chi connectivity index (χ3n) is 2.50. The van der Waals surface area contributed by atoms with E-state index in [-0.39, 0.29) is 4.90 Å². The van der Waals surface area contributed by atoms with Crippen LogP contribution in [0, 0.1) is 5.41 Å². The molecular formula is C15H18ClF3N4O2. The number of amides is 1. The van der Waals surface area contributed by atoms with E-state index in [0.29, 0.717) is 5.69 Å². The highest BCUT2D eigenvalue weighted by Gasteiger charge is 2.37. The largest absolute Gasteiger partial charge is 0.443 e. The van der Waals surface area contributed by atoms with Crippen molar-refractivity contribution in [3.8, 4) is 0 Å². The molecule has 0 radical (unpaired) electrons. The topological polar surface area (TPSA) is 78.3 Å². The van der Waals surface area contributed by atoms with Crippen molar-refractivity contribution in [3.63, 3.8) is 0 Å². The molecule has 0 aliphatic heterocycles. The van der Waals surface area contributed by atoms with E-state index in [0.717, 1.165) is 6.20 Å². The highest BCUT2D eigenvalue weighted by atomic mass is 35.5. The van der Waals surface area contributed by atoms with Crippen LogP contribution in [0.2, 0.25) is 0 Å². The summed E-state index contributed by atoms with van der Waals surface area (Å²) in [5, 5.41) is 9.39. The number of halogens is 4. The standard InChI is InChI=1S/C15H18ClF3N4O2/c1-14(2,3)25-13(24)23(9-15(17,18)19)11(12(16)20)8-22-10-5-4-6-21-7-10/h4-8,20,22H,9H2,1-3H3/b11-8+,20-12?. The van der Waals surface area contributed by atoms with Crippen molar-refractivity contribution in [2.24, 2.45) is 0 Å². The molecule has 0 aliphatic rings. The third-order valence-corrected chi connectivity index (χ3v) is 2.70. The summed E-state index contributed by atoms with van der Waals surface area (Å²) in [7, 11) is 0. The fraction of sp³-hybridized carbons (Fsp3) is 0.400. The van der Waals surface area contributed by atoms with Crippen LogP contribution in [0.25, 0.3) is 0 Å². The Hall–Kier alpha value is -2.29. The van der Waals surface area contributed by atoms with Crippen LogP contribution in [-0.2, 0) is 4.74 Å². The minimum atomic E-state index is -4.71. The van der Waals surface area contributed by atoms with Crippen LogP contribution >= 0.6 is 11.6 Å². The number of rotatable bonds is 5. The van der Waals surface area contributed by atoms with Gasteiger partial charge in [0.25, 0.3) is 0 Å². The SMILES string of the molecule is CC(C)(C)OC(=O)N(CC(F)(F)F)/C(=C/Nc1cccnc1)C(=N)Cl. The van der Waals surface area contributed by atoms with E-state index in [1.54, 1.807) is 12.1 Å². The summed E-state index contributed by atoms with van der Waals surface area (Å²) in [4.78, 5) is 16.2. The van der Waals surface area contributed by atoms with Gasteiger partial charge in [0.15, 0.2) is 0 Å². The van der Waals surface area contributed by atoms with Crippen molar-refractivity contribution < 1.29 is 22.7 Å². The number of nitrogens with zero attached hydrogens (tertiary/aromatic N) is 2. The number of pyridine rings is 1. The van der Waals surface area contributed by atoms with Crippen LogP contribution in [-0.4, -0.2) is 39.5 Å². The number of ether oxygens (including phenoxy) is 1. The van der Waals surface area contributed by atoms with E-state index in [1.165, 1.54) is 33.2 Å². The van der Waals surface area contributed by atoms with E-state index < -0.39 is 35.3 Å². The van der Waals surface area contributed by atoms with Crippen molar-refractivity contribution in [2.45, 2.75) is 32.5 Å². The molecule has 10 heteroatoms. The van der Waals surface area contributed by atoms with Gasteiger partial charge in [0.1, 0.15) is 23.0 Å². The molecule has 0 saturated heterocycles. The summed E-state index contributed by atoms with van der Waals surface area (Å²) in [5.74, 6) is 0. The van der Waals surface area contributed by atoms with Crippen molar-refractivity contribution in [1.29, 1.82) is 5.41 Å². The smallest absolute Gasteiger partial charge is 0.415 e. The fourth-order valence-electron chi connectivity index (χ4n) is 1.60. The van der Waals surface area contributed by atoms with E-state index >= 15 is 0 Å². The van der Waals surface area contributed by atoms with Gasteiger partial charge >= 0.3 is 12.3 Å². The highest BCUT2D eigenvalue weighted by Crippen LogP contribution is 2.23. The van der Waals surface area contributed by atoms with Crippen molar-refractivity contribution in [1.82, 2.24) is 9.88 Å². The quantitative estimate of drug-likeness (QED) is 0.746. The summed E-state index contributed by atoms with van der Waals surface area (Å²) >= 11 is 5.59. The lowest BCUT2D eigenvalue weighted by atomic mass is 10.2. The Morgan fingerprint density at radius 1 is 1.44 bits per heavy atom. The molecule has 1 amide bonds. The summed E-state index contributed by atoms with van der Waals surface area (Å²) in [6.07, 6.45) is -2.04. The van der Waals surface area contributed by atoms with E-state index in [1.807, 2.05) is 0 Å². The second-order valence-electron chi connectivity index (χ2n) is 5.91. The van der Waals surface area contributed by atoms with Gasteiger partial charge in [-0.3, -0.25) is 15.3 Å². The molecule has 2 N–H and O–H groups in total. The predicted octanol–water partition coefficient (Wildman–Crippen LogP) is 4.35. The normalized spacial score (nSPS) is 12.5. The van der Waals surface area contributed by atoms with E-state index in [2.05, 4.69) is 10.3 Å². The molecule has 25 heavy (non-hydrogen) atoms. The number of anilines is 1. The lowest BCUT2D eigenvalue weighted by Gasteiger charge is -2.29. The van der Waals surface area contributed by atoms with Crippen LogP contribution < -0.4 is 5.32 Å². The Morgan fingerprint density at radius 2 is 2.08 bits per heavy atom. The molecule has 0 aliphatic carbocycles. The molecule has 0 unspecified atom stereocenters. The first kappa shape index (κ1) is 20.8. The van der Waals surface area contributed by atoms with Crippen LogP contribution in [0.1, 0.15) is 20.8 Å². The van der Waals surface area contributed by atoms with Gasteiger partial charge in [0, 0.05) is 12.4 Å². The molecule has 0 bridgehead atoms. The zero-order chi connectivity index (χ0) is 19.3. The van der Waals surface area contributed by atoms with Gasteiger partial charge in [-0.15, -0.1) is 0 Å². The molecule has 0 saturated carbocycles. The number of hydrogen-bond donors (Lipinski definition) is 2. The Balaban J connectivity index is 3.16. The monoisotopic (exact) mass is 378 g/mol. The van der Waals surface area contributed by atoms with Gasteiger partial charge in [-0.25, -0.2) is 4.79 Å². The summed E-state index contributed by atoms with van der Waals surface area (Å²) in [6, 6.07) is 3.20. The van der Waals surface area contributed by atoms with Gasteiger partial charge in [0.2, 0.25) is 0 Å². The Morgan fingerprint density at radius 3 is 2.52 bits per heavy atom. The van der Waals surface area contributed by atoms with Crippen LogP contribution in [0.4, 0.5) is 23.7 Å². The third kappa shape index (κ3) is 7.88. The second-order valence-corrected chi connectivity index (χ2v) is 6.29. The van der Waals surface area contributed by atoms with Crippen LogP contribution in [0.15, 0.2) is 36.4 Å². The summed E-state index contributed by atoms with van der Waals surface area (Å²) in [5.41, 5.74) is -1.07. The number of alkyl halides is 3. The zero-order valence-corrected chi connectivity index (χ0v) is 14.6. The minimum Gasteiger partial charge on any atom is -0.443 e. The molecule has 0 aromatic carbocycles. The lowest BCUT2D eigenvalue weighted by molar-refractivity contribution is -0.140. The maximum absolute atomic E-state index is 12.9. The van der Waals surface area contributed by atoms with Gasteiger partial charge in [-0.1, -0.05) is 11.6 Å². The van der Waals surface area contributed by atoms with Crippen molar-refractivity contribution >= 4 is 28.6 Å². The van der Waals surface area contributed by atoms with Gasteiger partial charge in [-0.2, -0.15) is 13.2 Å². The molecule has 6 nitrogen and oxygen atoms in total. The van der Waals surface area contributed by atoms with Crippen molar-refractivity contribution in [2.75, 3.05) is 11.9 Å². The number of aromatic nitrogens is 1. The fourth-order valence-corrected chi connectivity index (χ4v) is 1.76. The molecule has 1 aromatic rings. The second kappa shape index (κ2) is 8.19. The Labute approximate surface area is 148 Å². The number of nitrogens with one attached hydrogen (secondary N) is 2. The summed E-state index contributed by atoms with van der Waals surface area (Å²) in [6.45, 7) is 2.89. The zero-order valence-electron chi connectivity index (χ0n) is 13.8. The van der Waals surface area contributed by atoms with Gasteiger partial charge in [-0.05, 0) is 32.9 Å². The van der Waals surface area contributed by atoms with E-state index in [4.69, 9.17) is 21.7 Å². The van der Waals surface area contributed by atoms with Crippen LogP contribution in [0.3, 0.4) is 0 Å². The Bertz CT molecular complexity index is 642. The predicted molar refractivity (Wildman–Crippen MR) is 88.5 cm³/mol. The first-order chi connectivity index (χ1) is 11.4. The average molecular weight is 379 g/mol.